The van der Waals surface area contributed by atoms with Crippen molar-refractivity contribution < 1.29 is 37.7 Å². The summed E-state index contributed by atoms with van der Waals surface area (Å²) in [5.74, 6) is -2.07. The third-order valence-corrected chi connectivity index (χ3v) is 4.44. The molecule has 0 spiro atoms. The van der Waals surface area contributed by atoms with Crippen molar-refractivity contribution in [2.45, 2.75) is 26.4 Å². The molecule has 0 aliphatic carbocycles. The zero-order valence-corrected chi connectivity index (χ0v) is 18.1. The second-order valence-electron chi connectivity index (χ2n) is 7.20. The van der Waals surface area contributed by atoms with Crippen molar-refractivity contribution in [1.29, 1.82) is 0 Å². The Morgan fingerprint density at radius 2 is 1.68 bits per heavy atom. The maximum absolute atomic E-state index is 12.7. The van der Waals surface area contributed by atoms with Gasteiger partial charge in [0.15, 0.2) is 0 Å². The van der Waals surface area contributed by atoms with Gasteiger partial charge in [-0.15, -0.1) is 0 Å². The van der Waals surface area contributed by atoms with Crippen LogP contribution in [0, 0.1) is 0 Å². The second-order valence-corrected chi connectivity index (χ2v) is 8.02. The summed E-state index contributed by atoms with van der Waals surface area (Å²) in [6.45, 7) is 4.97. The van der Waals surface area contributed by atoms with E-state index in [1.165, 1.54) is 25.3 Å². The molecule has 10 nitrogen and oxygen atoms in total. The normalized spacial score (nSPS) is 11.9. The van der Waals surface area contributed by atoms with Gasteiger partial charge in [0.2, 0.25) is 0 Å². The molecule has 0 heterocycles. The number of hydrogen-bond acceptors (Lipinski definition) is 7. The van der Waals surface area contributed by atoms with E-state index in [0.29, 0.717) is 4.31 Å². The molecule has 2 amide bonds. The van der Waals surface area contributed by atoms with Crippen LogP contribution in [-0.2, 0) is 20.7 Å². The van der Waals surface area contributed by atoms with Gasteiger partial charge in [0.25, 0.3) is 11.3 Å². The van der Waals surface area contributed by atoms with Gasteiger partial charge in [0.05, 0.1) is 24.0 Å². The molecule has 2 aromatic rings. The summed E-state index contributed by atoms with van der Waals surface area (Å²) in [6.07, 6.45) is 0. The fourth-order valence-electron chi connectivity index (χ4n) is 2.48. The number of carbonyl (C=O) groups excluding carboxylic acids is 3. The predicted molar refractivity (Wildman–Crippen MR) is 113 cm³/mol. The molecule has 0 saturated heterocycles. The fourth-order valence-corrected chi connectivity index (χ4v) is 2.96. The van der Waals surface area contributed by atoms with Crippen LogP contribution in [0.2, 0.25) is 0 Å². The number of methoxy groups -OCH3 is 1. The first-order valence-corrected chi connectivity index (χ1v) is 9.96. The van der Waals surface area contributed by atoms with Crippen LogP contribution in [0.3, 0.4) is 0 Å². The Morgan fingerprint density at radius 1 is 1.03 bits per heavy atom. The number of anilines is 2. The number of carbonyl (C=O) groups is 3. The lowest BCUT2D eigenvalue weighted by atomic mass is 10.1. The molecular weight excluding hydrogens is 428 g/mol. The van der Waals surface area contributed by atoms with E-state index in [9.17, 15) is 28.3 Å². The highest BCUT2D eigenvalue weighted by Crippen LogP contribution is 2.28. The molecular formula is C20H22N2O8S. The number of amides is 2. The van der Waals surface area contributed by atoms with Gasteiger partial charge >= 0.3 is 18.0 Å². The quantitative estimate of drug-likeness (QED) is 0.465. The van der Waals surface area contributed by atoms with Crippen LogP contribution < -0.4 is 9.62 Å². The lowest BCUT2D eigenvalue weighted by molar-refractivity contribution is 0.00666. The average Bonchev–Trinajstić information content (AvgIpc) is 2.66. The summed E-state index contributed by atoms with van der Waals surface area (Å²) in [7, 11) is 1.17. The van der Waals surface area contributed by atoms with Crippen molar-refractivity contribution >= 4 is 40.6 Å². The minimum Gasteiger partial charge on any atom is -0.507 e. The summed E-state index contributed by atoms with van der Waals surface area (Å²) in [4.78, 5) is 36.7. The Labute approximate surface area is 181 Å². The number of nitrogens with zero attached hydrogens (tertiary/aromatic N) is 1. The van der Waals surface area contributed by atoms with Crippen molar-refractivity contribution in [2.24, 2.45) is 0 Å². The number of esters is 2. The zero-order chi connectivity index (χ0) is 23.3. The van der Waals surface area contributed by atoms with E-state index in [0.717, 1.165) is 12.1 Å². The number of benzene rings is 2. The molecule has 0 aromatic heterocycles. The minimum absolute atomic E-state index is 0.0325. The summed E-state index contributed by atoms with van der Waals surface area (Å²) in [6, 6.07) is 8.17. The van der Waals surface area contributed by atoms with Crippen LogP contribution in [-0.4, -0.2) is 44.5 Å². The molecule has 0 aliphatic heterocycles. The first kappa shape index (κ1) is 23.8. The fraction of sp³-hybridized carbons (Fsp3) is 0.250. The van der Waals surface area contributed by atoms with Crippen LogP contribution in [0.25, 0.3) is 0 Å². The van der Waals surface area contributed by atoms with Gasteiger partial charge < -0.3 is 19.9 Å². The van der Waals surface area contributed by atoms with Crippen LogP contribution in [0.15, 0.2) is 42.5 Å². The highest BCUT2D eigenvalue weighted by Gasteiger charge is 2.26. The number of aromatic hydroxyl groups is 1. The lowest BCUT2D eigenvalue weighted by Gasteiger charge is -2.21. The molecule has 1 unspecified atom stereocenters. The number of phenolic OH excluding ortho intramolecular Hbond substituents is 1. The molecule has 0 bridgehead atoms. The van der Waals surface area contributed by atoms with E-state index in [4.69, 9.17) is 4.74 Å². The number of para-hydroxylation sites is 1. The van der Waals surface area contributed by atoms with Crippen molar-refractivity contribution in [3.8, 4) is 5.75 Å². The van der Waals surface area contributed by atoms with Crippen molar-refractivity contribution in [1.82, 2.24) is 0 Å². The SMILES string of the molecule is COC(=O)c1ccccc1NC(=O)N(c1ccc(C(=O)OC(C)(C)C)c(O)c1)S(=O)O. The van der Waals surface area contributed by atoms with Gasteiger partial charge in [-0.3, -0.25) is 4.55 Å². The van der Waals surface area contributed by atoms with Crippen LogP contribution in [0.4, 0.5) is 16.2 Å². The number of phenols is 1. The van der Waals surface area contributed by atoms with E-state index in [2.05, 4.69) is 10.1 Å². The van der Waals surface area contributed by atoms with Crippen LogP contribution in [0.1, 0.15) is 41.5 Å². The van der Waals surface area contributed by atoms with E-state index < -0.39 is 40.6 Å². The van der Waals surface area contributed by atoms with Crippen LogP contribution in [0.5, 0.6) is 5.75 Å². The van der Waals surface area contributed by atoms with E-state index >= 15 is 0 Å². The Kier molecular flexibility index (Phi) is 7.37. The van der Waals surface area contributed by atoms with E-state index in [1.807, 2.05) is 0 Å². The summed E-state index contributed by atoms with van der Waals surface area (Å²) >= 11 is -2.84. The number of rotatable bonds is 5. The summed E-state index contributed by atoms with van der Waals surface area (Å²) < 4.78 is 31.7. The van der Waals surface area contributed by atoms with Gasteiger partial charge in [-0.05, 0) is 45.0 Å². The first-order chi connectivity index (χ1) is 14.4. The standard InChI is InChI=1S/C20H22N2O8S/c1-20(2,3)30-18(25)14-10-9-12(11-16(14)23)22(31(27)28)19(26)21-15-8-6-5-7-13(15)17(24)29-4/h5-11,23H,1-4H3,(H,21,26)(H,27,28). The summed E-state index contributed by atoms with van der Waals surface area (Å²) in [5.41, 5.74) is -1.08. The molecule has 0 fully saturated rings. The molecule has 31 heavy (non-hydrogen) atoms. The Hall–Kier alpha value is -3.44. The first-order valence-electron chi connectivity index (χ1n) is 8.90. The average molecular weight is 450 g/mol. The molecule has 11 heteroatoms. The summed E-state index contributed by atoms with van der Waals surface area (Å²) in [5, 5.41) is 12.6. The molecule has 0 saturated carbocycles. The number of nitrogens with one attached hydrogen (secondary N) is 1. The molecule has 3 N–H and O–H groups in total. The zero-order valence-electron chi connectivity index (χ0n) is 17.2. The molecule has 2 aromatic carbocycles. The Balaban J connectivity index is 2.34. The van der Waals surface area contributed by atoms with E-state index in [-0.39, 0.29) is 22.5 Å². The predicted octanol–water partition coefficient (Wildman–Crippen LogP) is 3.31. The molecule has 1 atom stereocenters. The molecule has 0 aliphatic rings. The van der Waals surface area contributed by atoms with Gasteiger partial charge in [-0.2, -0.15) is 4.31 Å². The van der Waals surface area contributed by atoms with Crippen molar-refractivity contribution in [3.63, 3.8) is 0 Å². The van der Waals surface area contributed by atoms with Crippen LogP contribution >= 0.6 is 0 Å². The largest absolute Gasteiger partial charge is 0.507 e. The molecule has 0 radical (unpaired) electrons. The lowest BCUT2D eigenvalue weighted by Crippen LogP contribution is -2.36. The van der Waals surface area contributed by atoms with Gasteiger partial charge in [0, 0.05) is 6.07 Å². The molecule has 2 rings (SSSR count). The smallest absolute Gasteiger partial charge is 0.342 e. The highest BCUT2D eigenvalue weighted by atomic mass is 32.2. The highest BCUT2D eigenvalue weighted by molar-refractivity contribution is 7.81. The maximum atomic E-state index is 12.7. The maximum Gasteiger partial charge on any atom is 0.342 e. The second kappa shape index (κ2) is 9.58. The number of ether oxygens (including phenoxy) is 2. The van der Waals surface area contributed by atoms with Gasteiger partial charge in [-0.1, -0.05) is 12.1 Å². The number of urea groups is 1. The Morgan fingerprint density at radius 3 is 2.23 bits per heavy atom. The van der Waals surface area contributed by atoms with Crippen molar-refractivity contribution in [3.05, 3.63) is 53.6 Å². The Bertz CT molecular complexity index is 1030. The third kappa shape index (κ3) is 6.03. The van der Waals surface area contributed by atoms with Crippen molar-refractivity contribution in [2.75, 3.05) is 16.7 Å². The number of hydrogen-bond donors (Lipinski definition) is 3. The van der Waals surface area contributed by atoms with E-state index in [1.54, 1.807) is 32.9 Å². The van der Waals surface area contributed by atoms with Gasteiger partial charge in [0.1, 0.15) is 16.9 Å². The third-order valence-electron chi connectivity index (χ3n) is 3.75. The topological polar surface area (TPSA) is 142 Å². The monoisotopic (exact) mass is 450 g/mol. The minimum atomic E-state index is -2.84. The van der Waals surface area contributed by atoms with Gasteiger partial charge in [-0.25, -0.2) is 18.6 Å². The molecule has 166 valence electrons.